The second-order valence-corrected chi connectivity index (χ2v) is 8.27. The van der Waals surface area contributed by atoms with Gasteiger partial charge in [-0.25, -0.2) is 4.79 Å². The summed E-state index contributed by atoms with van der Waals surface area (Å²) in [5.41, 5.74) is 4.56. The smallest absolute Gasteiger partial charge is 0.417 e. The van der Waals surface area contributed by atoms with E-state index >= 15 is 0 Å². The number of carbonyl (C=O) groups excluding carboxylic acids is 2. The van der Waals surface area contributed by atoms with E-state index in [1.54, 1.807) is 18.3 Å². The van der Waals surface area contributed by atoms with Gasteiger partial charge in [0.15, 0.2) is 5.78 Å². The Bertz CT molecular complexity index is 1330. The summed E-state index contributed by atoms with van der Waals surface area (Å²) in [6.07, 6.45) is 1.13. The minimum atomic E-state index is -4.56. The lowest BCUT2D eigenvalue weighted by Gasteiger charge is -2.12. The molecule has 2 heterocycles. The van der Waals surface area contributed by atoms with Crippen LogP contribution in [0.1, 0.15) is 43.9 Å². The molecular weight excluding hydrogens is 459 g/mol. The van der Waals surface area contributed by atoms with Crippen molar-refractivity contribution in [2.45, 2.75) is 32.5 Å². The van der Waals surface area contributed by atoms with Crippen LogP contribution in [-0.4, -0.2) is 28.8 Å². The predicted octanol–water partition coefficient (Wildman–Crippen LogP) is 4.95. The average molecular weight is 481 g/mol. The van der Waals surface area contributed by atoms with Gasteiger partial charge in [0.2, 0.25) is 0 Å². The molecule has 35 heavy (non-hydrogen) atoms. The van der Waals surface area contributed by atoms with Crippen LogP contribution in [0, 0.1) is 6.92 Å². The van der Waals surface area contributed by atoms with Crippen LogP contribution < -0.4 is 5.32 Å². The maximum absolute atomic E-state index is 12.9. The van der Waals surface area contributed by atoms with Gasteiger partial charge in [0.1, 0.15) is 0 Å². The molecule has 1 aromatic carbocycles. The van der Waals surface area contributed by atoms with Gasteiger partial charge in [-0.3, -0.25) is 14.8 Å². The van der Waals surface area contributed by atoms with Crippen LogP contribution in [0.5, 0.6) is 0 Å². The van der Waals surface area contributed by atoms with Crippen LogP contribution >= 0.6 is 0 Å². The Balaban J connectivity index is 1.45. The molecule has 0 bridgehead atoms. The van der Waals surface area contributed by atoms with E-state index in [0.29, 0.717) is 30.3 Å². The molecule has 1 N–H and O–H groups in total. The van der Waals surface area contributed by atoms with Crippen molar-refractivity contribution in [1.82, 2.24) is 9.97 Å². The summed E-state index contributed by atoms with van der Waals surface area (Å²) >= 11 is 0. The largest absolute Gasteiger partial charge is 0.466 e. The van der Waals surface area contributed by atoms with Gasteiger partial charge in [-0.2, -0.15) is 13.2 Å². The maximum atomic E-state index is 12.9. The number of pyridine rings is 2. The number of fused-ring (bicyclic) bond motifs is 1. The number of aromatic nitrogens is 2. The number of alkyl halides is 3. The van der Waals surface area contributed by atoms with Crippen LogP contribution in [-0.2, 0) is 35.1 Å². The molecule has 0 aliphatic heterocycles. The number of nitrogens with one attached hydrogen (secondary N) is 1. The molecule has 2 aromatic heterocycles. The van der Waals surface area contributed by atoms with E-state index in [9.17, 15) is 22.8 Å². The molecular formula is C26H22F3N3O3. The van der Waals surface area contributed by atoms with Gasteiger partial charge in [0, 0.05) is 42.9 Å². The van der Waals surface area contributed by atoms with E-state index in [-0.39, 0.29) is 18.0 Å². The first-order chi connectivity index (χ1) is 16.6. The number of methoxy groups -OCH3 is 1. The normalized spacial score (nSPS) is 12.7. The first kappa shape index (κ1) is 24.1. The molecule has 0 spiro atoms. The number of esters is 1. The summed E-state index contributed by atoms with van der Waals surface area (Å²) in [5, 5.41) is 3.30. The first-order valence-electron chi connectivity index (χ1n) is 10.8. The fourth-order valence-electron chi connectivity index (χ4n) is 3.82. The number of nitrogens with zero attached hydrogens (tertiary/aromatic N) is 2. The number of hydrogen-bond donors (Lipinski definition) is 1. The number of benzene rings is 1. The fourth-order valence-corrected chi connectivity index (χ4v) is 3.82. The van der Waals surface area contributed by atoms with Gasteiger partial charge in [-0.15, -0.1) is 0 Å². The Morgan fingerprint density at radius 3 is 2.66 bits per heavy atom. The third kappa shape index (κ3) is 5.56. The standard InChI is InChI=1S/C26H22F3N3O3/c1-15-3-4-16(6-24(33)20-8-21(13-30-11-20)26(27,28)29)5-19(15)12-31-22-9-17-7-18(25(34)35-2)10-23(17)32-14-22/h3-5,7-9,11,13-14,31H,6,10,12H2,1-2H3. The first-order valence-corrected chi connectivity index (χ1v) is 10.8. The van der Waals surface area contributed by atoms with E-state index in [4.69, 9.17) is 4.74 Å². The molecule has 1 aliphatic carbocycles. The summed E-state index contributed by atoms with van der Waals surface area (Å²) in [6.45, 7) is 2.39. The zero-order valence-electron chi connectivity index (χ0n) is 19.1. The topological polar surface area (TPSA) is 81.2 Å². The Morgan fingerprint density at radius 2 is 1.91 bits per heavy atom. The number of hydrogen-bond acceptors (Lipinski definition) is 6. The number of ether oxygens (including phenoxy) is 1. The van der Waals surface area contributed by atoms with Crippen molar-refractivity contribution in [1.29, 1.82) is 0 Å². The summed E-state index contributed by atoms with van der Waals surface area (Å²) in [7, 11) is 1.34. The van der Waals surface area contributed by atoms with Crippen LogP contribution in [0.3, 0.4) is 0 Å². The predicted molar refractivity (Wildman–Crippen MR) is 124 cm³/mol. The van der Waals surface area contributed by atoms with Gasteiger partial charge in [-0.05, 0) is 47.4 Å². The minimum absolute atomic E-state index is 0.0439. The third-order valence-corrected chi connectivity index (χ3v) is 5.79. The number of rotatable bonds is 7. The summed E-state index contributed by atoms with van der Waals surface area (Å²) < 4.78 is 43.6. The van der Waals surface area contributed by atoms with Crippen molar-refractivity contribution in [3.05, 3.63) is 93.6 Å². The highest BCUT2D eigenvalue weighted by Gasteiger charge is 2.31. The molecule has 0 amide bonds. The van der Waals surface area contributed by atoms with Crippen LogP contribution in [0.15, 0.2) is 54.5 Å². The van der Waals surface area contributed by atoms with Crippen molar-refractivity contribution in [3.8, 4) is 0 Å². The number of Topliss-reactive ketones (excluding diaryl/α,β-unsaturated/α-hetero) is 1. The van der Waals surface area contributed by atoms with Crippen molar-refractivity contribution in [2.75, 3.05) is 12.4 Å². The molecule has 4 rings (SSSR count). The van der Waals surface area contributed by atoms with Crippen LogP contribution in [0.25, 0.3) is 6.08 Å². The summed E-state index contributed by atoms with van der Waals surface area (Å²) in [4.78, 5) is 32.4. The summed E-state index contributed by atoms with van der Waals surface area (Å²) in [6, 6.07) is 8.25. The van der Waals surface area contributed by atoms with Crippen LogP contribution in [0.4, 0.5) is 18.9 Å². The van der Waals surface area contributed by atoms with E-state index in [0.717, 1.165) is 40.3 Å². The van der Waals surface area contributed by atoms with E-state index < -0.39 is 17.5 Å². The number of ketones is 1. The number of aryl methyl sites for hydroxylation is 1. The molecule has 0 radical (unpaired) electrons. The lowest BCUT2D eigenvalue weighted by atomic mass is 9.99. The average Bonchev–Trinajstić information content (AvgIpc) is 3.27. The zero-order chi connectivity index (χ0) is 25.2. The van der Waals surface area contributed by atoms with Crippen LogP contribution in [0.2, 0.25) is 0 Å². The van der Waals surface area contributed by atoms with E-state index in [1.807, 2.05) is 25.1 Å². The molecule has 0 saturated carbocycles. The van der Waals surface area contributed by atoms with Crippen molar-refractivity contribution < 1.29 is 27.5 Å². The molecule has 0 unspecified atom stereocenters. The van der Waals surface area contributed by atoms with Gasteiger partial charge < -0.3 is 10.1 Å². The summed E-state index contributed by atoms with van der Waals surface area (Å²) in [5.74, 6) is -0.817. The van der Waals surface area contributed by atoms with Gasteiger partial charge in [-0.1, -0.05) is 18.2 Å². The monoisotopic (exact) mass is 481 g/mol. The number of anilines is 1. The molecule has 0 saturated heterocycles. The molecule has 0 atom stereocenters. The second kappa shape index (κ2) is 9.69. The van der Waals surface area contributed by atoms with E-state index in [2.05, 4.69) is 15.3 Å². The Kier molecular flexibility index (Phi) is 6.68. The third-order valence-electron chi connectivity index (χ3n) is 5.79. The quantitative estimate of drug-likeness (QED) is 0.380. The van der Waals surface area contributed by atoms with Crippen molar-refractivity contribution >= 4 is 23.5 Å². The SMILES string of the molecule is COC(=O)C1=Cc2cc(NCc3cc(CC(=O)c4cncc(C(F)(F)F)c4)ccc3C)cnc2C1. The molecule has 9 heteroatoms. The molecule has 180 valence electrons. The molecule has 3 aromatic rings. The number of halogens is 3. The Labute approximate surface area is 199 Å². The fraction of sp³-hybridized carbons (Fsp3) is 0.231. The Morgan fingerprint density at radius 1 is 1.11 bits per heavy atom. The van der Waals surface area contributed by atoms with Gasteiger partial charge in [0.25, 0.3) is 0 Å². The van der Waals surface area contributed by atoms with Gasteiger partial charge in [0.05, 0.1) is 30.3 Å². The number of carbonyl (C=O) groups is 2. The molecule has 1 aliphatic rings. The lowest BCUT2D eigenvalue weighted by molar-refractivity contribution is -0.138. The molecule has 6 nitrogen and oxygen atoms in total. The lowest BCUT2D eigenvalue weighted by Crippen LogP contribution is -2.10. The van der Waals surface area contributed by atoms with Gasteiger partial charge >= 0.3 is 12.1 Å². The highest BCUT2D eigenvalue weighted by Crippen LogP contribution is 2.29. The zero-order valence-corrected chi connectivity index (χ0v) is 19.1. The highest BCUT2D eigenvalue weighted by molar-refractivity contribution is 5.97. The van der Waals surface area contributed by atoms with Crippen molar-refractivity contribution in [2.24, 2.45) is 0 Å². The van der Waals surface area contributed by atoms with E-state index in [1.165, 1.54) is 7.11 Å². The Hall–Kier alpha value is -4.01. The van der Waals surface area contributed by atoms with Crippen molar-refractivity contribution in [3.63, 3.8) is 0 Å². The maximum Gasteiger partial charge on any atom is 0.417 e. The minimum Gasteiger partial charge on any atom is -0.466 e. The second-order valence-electron chi connectivity index (χ2n) is 8.27. The highest BCUT2D eigenvalue weighted by atomic mass is 19.4. The molecule has 0 fully saturated rings.